The van der Waals surface area contributed by atoms with Crippen LogP contribution in [0.2, 0.25) is 0 Å². The highest BCUT2D eigenvalue weighted by molar-refractivity contribution is 5.93. The zero-order valence-corrected chi connectivity index (χ0v) is 4.22. The second kappa shape index (κ2) is 1.31. The predicted octanol–water partition coefficient (Wildman–Crippen LogP) is -1.28. The molecule has 3 nitrogen and oxygen atoms in total. The van der Waals surface area contributed by atoms with E-state index in [-0.39, 0.29) is 0 Å². The van der Waals surface area contributed by atoms with E-state index in [1.807, 2.05) is 0 Å². The molecule has 1 aliphatic rings. The molecule has 0 amide bonds. The number of carbonyl (C=O) groups is 2. The van der Waals surface area contributed by atoms with Crippen LogP contribution in [0.3, 0.4) is 0 Å². The van der Waals surface area contributed by atoms with Crippen molar-refractivity contribution in [2.24, 2.45) is 5.41 Å². The Bertz CT molecular complexity index is 135. The van der Waals surface area contributed by atoms with Gasteiger partial charge in [0.1, 0.15) is 6.29 Å². The van der Waals surface area contributed by atoms with Crippen LogP contribution < -0.4 is 5.11 Å². The lowest BCUT2D eigenvalue weighted by Gasteiger charge is -2.04. The lowest BCUT2D eigenvalue weighted by Crippen LogP contribution is -2.33. The smallest absolute Gasteiger partial charge is 0.131 e. The van der Waals surface area contributed by atoms with Crippen LogP contribution in [0.25, 0.3) is 0 Å². The van der Waals surface area contributed by atoms with Crippen molar-refractivity contribution in [1.82, 2.24) is 0 Å². The molecule has 0 saturated heterocycles. The first-order valence-electron chi connectivity index (χ1n) is 2.39. The summed E-state index contributed by atoms with van der Waals surface area (Å²) in [5.41, 5.74) is -1.08. The Hall–Kier alpha value is -0.860. The van der Waals surface area contributed by atoms with Gasteiger partial charge in [0.2, 0.25) is 0 Å². The van der Waals surface area contributed by atoms with Crippen molar-refractivity contribution in [2.75, 3.05) is 0 Å². The molecule has 0 aromatic heterocycles. The number of carbonyl (C=O) groups excluding carboxylic acids is 2. The summed E-state index contributed by atoms with van der Waals surface area (Å²) in [6, 6.07) is 0. The van der Waals surface area contributed by atoms with Crippen molar-refractivity contribution in [1.29, 1.82) is 0 Å². The number of rotatable bonds is 2. The first-order chi connectivity index (χ1) is 3.71. The molecule has 0 aromatic carbocycles. The van der Waals surface area contributed by atoms with Gasteiger partial charge >= 0.3 is 0 Å². The van der Waals surface area contributed by atoms with Gasteiger partial charge < -0.3 is 14.7 Å². The van der Waals surface area contributed by atoms with Gasteiger partial charge in [-0.2, -0.15) is 0 Å². The van der Waals surface area contributed by atoms with Gasteiger partial charge in [0.05, 0.1) is 11.4 Å². The van der Waals surface area contributed by atoms with Gasteiger partial charge in [-0.15, -0.1) is 0 Å². The summed E-state index contributed by atoms with van der Waals surface area (Å²) in [7, 11) is 0. The van der Waals surface area contributed by atoms with E-state index in [0.717, 1.165) is 0 Å². The highest BCUT2D eigenvalue weighted by Gasteiger charge is 2.44. The minimum atomic E-state index is -1.23. The first-order valence-corrected chi connectivity index (χ1v) is 2.39. The Balaban J connectivity index is 2.66. The van der Waals surface area contributed by atoms with Crippen molar-refractivity contribution in [2.45, 2.75) is 12.8 Å². The monoisotopic (exact) mass is 113 g/mol. The Labute approximate surface area is 46.3 Å². The van der Waals surface area contributed by atoms with E-state index in [9.17, 15) is 14.7 Å². The maximum Gasteiger partial charge on any atom is 0.131 e. The van der Waals surface area contributed by atoms with Gasteiger partial charge in [0, 0.05) is 0 Å². The standard InChI is InChI=1S/C5H6O3/c6-3-5(1-2-5)4(7)8/h3H,1-2H2,(H,7,8)/p-1. The zero-order valence-electron chi connectivity index (χ0n) is 4.22. The van der Waals surface area contributed by atoms with Crippen LogP contribution in [0.4, 0.5) is 0 Å². The minimum Gasteiger partial charge on any atom is -0.549 e. The number of aliphatic carboxylic acids is 1. The van der Waals surface area contributed by atoms with Crippen LogP contribution in [0.1, 0.15) is 12.8 Å². The second-order valence-electron chi connectivity index (χ2n) is 2.06. The largest absolute Gasteiger partial charge is 0.549 e. The topological polar surface area (TPSA) is 57.2 Å². The van der Waals surface area contributed by atoms with Crippen LogP contribution in [-0.2, 0) is 9.59 Å². The molecule has 1 fully saturated rings. The summed E-state index contributed by atoms with van der Waals surface area (Å²) in [6.45, 7) is 0. The molecule has 0 aromatic rings. The van der Waals surface area contributed by atoms with Crippen molar-refractivity contribution >= 4 is 12.3 Å². The molecular weight excluding hydrogens is 108 g/mol. The Morgan fingerprint density at radius 3 is 2.12 bits per heavy atom. The number of carboxylic acid groups (broad SMARTS) is 1. The third-order valence-electron chi connectivity index (χ3n) is 1.42. The van der Waals surface area contributed by atoms with Gasteiger partial charge in [0.15, 0.2) is 0 Å². The molecule has 0 radical (unpaired) electrons. The number of carboxylic acids is 1. The third kappa shape index (κ3) is 0.510. The van der Waals surface area contributed by atoms with Gasteiger partial charge in [-0.25, -0.2) is 0 Å². The molecule has 0 bridgehead atoms. The average Bonchev–Trinajstić information content (AvgIpc) is 2.44. The molecule has 1 saturated carbocycles. The molecule has 1 rings (SSSR count). The van der Waals surface area contributed by atoms with E-state index < -0.39 is 11.4 Å². The maximum absolute atomic E-state index is 9.97. The molecular formula is C5H5O3-. The van der Waals surface area contributed by atoms with Crippen molar-refractivity contribution in [3.05, 3.63) is 0 Å². The fourth-order valence-electron chi connectivity index (χ4n) is 0.505. The molecule has 3 heteroatoms. The summed E-state index contributed by atoms with van der Waals surface area (Å²) < 4.78 is 0. The third-order valence-corrected chi connectivity index (χ3v) is 1.42. The Morgan fingerprint density at radius 1 is 1.62 bits per heavy atom. The fourth-order valence-corrected chi connectivity index (χ4v) is 0.505. The second-order valence-corrected chi connectivity index (χ2v) is 2.06. The Kier molecular flexibility index (Phi) is 0.863. The van der Waals surface area contributed by atoms with Crippen molar-refractivity contribution in [3.63, 3.8) is 0 Å². The van der Waals surface area contributed by atoms with E-state index in [0.29, 0.717) is 19.1 Å². The predicted molar refractivity (Wildman–Crippen MR) is 22.7 cm³/mol. The molecule has 0 heterocycles. The molecule has 0 aliphatic heterocycles. The van der Waals surface area contributed by atoms with Crippen LogP contribution >= 0.6 is 0 Å². The van der Waals surface area contributed by atoms with E-state index >= 15 is 0 Å². The molecule has 0 spiro atoms. The van der Waals surface area contributed by atoms with Crippen LogP contribution in [-0.4, -0.2) is 12.3 Å². The van der Waals surface area contributed by atoms with Gasteiger partial charge in [-0.05, 0) is 12.8 Å². The van der Waals surface area contributed by atoms with Gasteiger partial charge in [0.25, 0.3) is 0 Å². The normalized spacial score (nSPS) is 22.0. The summed E-state index contributed by atoms with van der Waals surface area (Å²) in [5.74, 6) is -1.23. The van der Waals surface area contributed by atoms with E-state index in [2.05, 4.69) is 0 Å². The van der Waals surface area contributed by atoms with Crippen LogP contribution in [0.5, 0.6) is 0 Å². The zero-order chi connectivity index (χ0) is 6.20. The van der Waals surface area contributed by atoms with Crippen LogP contribution in [0.15, 0.2) is 0 Å². The summed E-state index contributed by atoms with van der Waals surface area (Å²) in [4.78, 5) is 19.9. The minimum absolute atomic E-state index is 0.457. The molecule has 8 heavy (non-hydrogen) atoms. The number of hydrogen-bond acceptors (Lipinski definition) is 3. The van der Waals surface area contributed by atoms with Crippen molar-refractivity contribution in [3.8, 4) is 0 Å². The molecule has 0 atom stereocenters. The molecule has 44 valence electrons. The quantitative estimate of drug-likeness (QED) is 0.331. The van der Waals surface area contributed by atoms with Crippen LogP contribution in [0, 0.1) is 5.41 Å². The SMILES string of the molecule is O=CC1(C(=O)[O-])CC1. The first kappa shape index (κ1) is 5.28. The molecule has 0 unspecified atom stereocenters. The van der Waals surface area contributed by atoms with E-state index in [1.54, 1.807) is 0 Å². The number of hydrogen-bond donors (Lipinski definition) is 0. The van der Waals surface area contributed by atoms with E-state index in [1.165, 1.54) is 0 Å². The maximum atomic E-state index is 9.97. The highest BCUT2D eigenvalue weighted by Crippen LogP contribution is 2.42. The summed E-state index contributed by atoms with van der Waals surface area (Å²) in [5, 5.41) is 9.97. The van der Waals surface area contributed by atoms with Gasteiger partial charge in [-0.1, -0.05) is 0 Å². The summed E-state index contributed by atoms with van der Waals surface area (Å²) >= 11 is 0. The Morgan fingerprint density at radius 2 is 2.12 bits per heavy atom. The highest BCUT2D eigenvalue weighted by atomic mass is 16.4. The number of aldehydes is 1. The fraction of sp³-hybridized carbons (Fsp3) is 0.600. The lowest BCUT2D eigenvalue weighted by atomic mass is 10.1. The van der Waals surface area contributed by atoms with E-state index in [4.69, 9.17) is 0 Å². The van der Waals surface area contributed by atoms with Crippen molar-refractivity contribution < 1.29 is 14.7 Å². The molecule has 1 aliphatic carbocycles. The molecule has 0 N–H and O–H groups in total. The van der Waals surface area contributed by atoms with Gasteiger partial charge in [-0.3, -0.25) is 0 Å². The average molecular weight is 113 g/mol. The summed E-state index contributed by atoms with van der Waals surface area (Å²) in [6.07, 6.45) is 1.37. The lowest BCUT2D eigenvalue weighted by molar-refractivity contribution is -0.311.